The standard InChI is InChI=1S/C46H30N2/c1-3-13-31(14-4-1)35-26-36(32-15-5-2-6-16-32)28-37(27-35)46-41-20-10-8-18-39(41)45(40-19-9-11-21-42(40)46)34-23-24-44(47-29-34)38-25-33-17-7-12-22-43(33)48-30-38/h1-30H. The zero-order valence-electron chi connectivity index (χ0n) is 26.2. The number of rotatable bonds is 5. The van der Waals surface area contributed by atoms with Gasteiger partial charge >= 0.3 is 0 Å². The smallest absolute Gasteiger partial charge is 0.0718 e. The number of hydrogen-bond acceptors (Lipinski definition) is 2. The Morgan fingerprint density at radius 1 is 0.292 bits per heavy atom. The molecule has 9 rings (SSSR count). The molecule has 0 fully saturated rings. The number of para-hydroxylation sites is 1. The third kappa shape index (κ3) is 4.92. The molecule has 0 N–H and O–H groups in total. The van der Waals surface area contributed by atoms with Gasteiger partial charge in [0.05, 0.1) is 11.2 Å². The van der Waals surface area contributed by atoms with Gasteiger partial charge in [0.25, 0.3) is 0 Å². The first kappa shape index (κ1) is 27.9. The maximum atomic E-state index is 4.98. The van der Waals surface area contributed by atoms with E-state index in [1.165, 1.54) is 60.5 Å². The highest BCUT2D eigenvalue weighted by Crippen LogP contribution is 2.45. The van der Waals surface area contributed by atoms with Crippen molar-refractivity contribution in [1.82, 2.24) is 9.97 Å². The summed E-state index contributed by atoms with van der Waals surface area (Å²) in [5.41, 5.74) is 12.5. The molecule has 0 aliphatic heterocycles. The summed E-state index contributed by atoms with van der Waals surface area (Å²) < 4.78 is 0. The molecule has 2 heterocycles. The Hall–Kier alpha value is -6.38. The third-order valence-corrected chi connectivity index (χ3v) is 9.31. The molecular weight excluding hydrogens is 581 g/mol. The van der Waals surface area contributed by atoms with E-state index in [4.69, 9.17) is 4.98 Å². The van der Waals surface area contributed by atoms with Crippen molar-refractivity contribution in [1.29, 1.82) is 0 Å². The van der Waals surface area contributed by atoms with Crippen molar-refractivity contribution in [2.24, 2.45) is 0 Å². The van der Waals surface area contributed by atoms with Crippen molar-refractivity contribution < 1.29 is 0 Å². The summed E-state index contributed by atoms with van der Waals surface area (Å²) >= 11 is 0. The fourth-order valence-corrected chi connectivity index (χ4v) is 7.04. The summed E-state index contributed by atoms with van der Waals surface area (Å²) in [6.07, 6.45) is 3.93. The van der Waals surface area contributed by atoms with Crippen LogP contribution in [0.15, 0.2) is 182 Å². The number of benzene rings is 7. The minimum absolute atomic E-state index is 0.911. The molecular formula is C46H30N2. The van der Waals surface area contributed by atoms with Crippen LogP contribution in [0.4, 0.5) is 0 Å². The van der Waals surface area contributed by atoms with E-state index in [2.05, 4.69) is 157 Å². The number of aromatic nitrogens is 2. The number of nitrogens with zero attached hydrogens (tertiary/aromatic N) is 2. The molecule has 0 unspecified atom stereocenters. The van der Waals surface area contributed by atoms with Gasteiger partial charge in [-0.25, -0.2) is 0 Å². The van der Waals surface area contributed by atoms with Crippen molar-refractivity contribution in [2.75, 3.05) is 0 Å². The van der Waals surface area contributed by atoms with Gasteiger partial charge < -0.3 is 0 Å². The van der Waals surface area contributed by atoms with Gasteiger partial charge in [0.2, 0.25) is 0 Å². The summed E-state index contributed by atoms with van der Waals surface area (Å²) in [5.74, 6) is 0. The van der Waals surface area contributed by atoms with Crippen LogP contribution in [-0.2, 0) is 0 Å². The molecule has 2 aromatic heterocycles. The maximum Gasteiger partial charge on any atom is 0.0718 e. The van der Waals surface area contributed by atoms with Crippen molar-refractivity contribution >= 4 is 32.4 Å². The number of pyridine rings is 2. The monoisotopic (exact) mass is 610 g/mol. The summed E-state index contributed by atoms with van der Waals surface area (Å²) in [7, 11) is 0. The van der Waals surface area contributed by atoms with Crippen LogP contribution >= 0.6 is 0 Å². The second-order valence-corrected chi connectivity index (χ2v) is 12.2. The molecule has 2 heteroatoms. The van der Waals surface area contributed by atoms with E-state index in [0.29, 0.717) is 0 Å². The van der Waals surface area contributed by atoms with E-state index in [9.17, 15) is 0 Å². The Bertz CT molecular complexity index is 2470. The zero-order chi connectivity index (χ0) is 31.9. The maximum absolute atomic E-state index is 4.98. The van der Waals surface area contributed by atoms with E-state index in [-0.39, 0.29) is 0 Å². The van der Waals surface area contributed by atoms with Crippen LogP contribution < -0.4 is 0 Å². The first-order valence-corrected chi connectivity index (χ1v) is 16.3. The van der Waals surface area contributed by atoms with Crippen molar-refractivity contribution in [2.45, 2.75) is 0 Å². The largest absolute Gasteiger partial charge is 0.256 e. The molecule has 0 aliphatic carbocycles. The van der Waals surface area contributed by atoms with Crippen molar-refractivity contribution in [3.05, 3.63) is 182 Å². The predicted molar refractivity (Wildman–Crippen MR) is 202 cm³/mol. The molecule has 0 saturated heterocycles. The quantitative estimate of drug-likeness (QED) is 0.181. The lowest BCUT2D eigenvalue weighted by atomic mass is 9.84. The third-order valence-electron chi connectivity index (χ3n) is 9.31. The van der Waals surface area contributed by atoms with Gasteiger partial charge in [-0.15, -0.1) is 0 Å². The van der Waals surface area contributed by atoms with E-state index >= 15 is 0 Å². The Balaban J connectivity index is 1.26. The first-order chi connectivity index (χ1) is 23.8. The zero-order valence-corrected chi connectivity index (χ0v) is 26.2. The normalized spacial score (nSPS) is 11.3. The van der Waals surface area contributed by atoms with Crippen LogP contribution in [0, 0.1) is 0 Å². The summed E-state index contributed by atoms with van der Waals surface area (Å²) in [4.78, 5) is 9.65. The predicted octanol–water partition coefficient (Wildman–Crippen LogP) is 12.3. The highest BCUT2D eigenvalue weighted by molar-refractivity contribution is 6.21. The van der Waals surface area contributed by atoms with Crippen LogP contribution in [0.25, 0.3) is 88.2 Å². The molecule has 7 aromatic carbocycles. The summed E-state index contributed by atoms with van der Waals surface area (Å²) in [6.45, 7) is 0. The summed E-state index contributed by atoms with van der Waals surface area (Å²) in [5, 5.41) is 5.97. The molecule has 224 valence electrons. The van der Waals surface area contributed by atoms with Crippen LogP contribution in [0.5, 0.6) is 0 Å². The fraction of sp³-hybridized carbons (Fsp3) is 0. The van der Waals surface area contributed by atoms with Gasteiger partial charge in [-0.2, -0.15) is 0 Å². The molecule has 48 heavy (non-hydrogen) atoms. The van der Waals surface area contributed by atoms with Crippen molar-refractivity contribution in [3.63, 3.8) is 0 Å². The van der Waals surface area contributed by atoms with Crippen LogP contribution in [-0.4, -0.2) is 9.97 Å². The van der Waals surface area contributed by atoms with Gasteiger partial charge in [-0.05, 0) is 96.9 Å². The van der Waals surface area contributed by atoms with Crippen LogP contribution in [0.1, 0.15) is 0 Å². The fourth-order valence-electron chi connectivity index (χ4n) is 7.04. The molecule has 0 atom stereocenters. The SMILES string of the molecule is c1ccc(-c2cc(-c3ccccc3)cc(-c3c4ccccc4c(-c4ccc(-c5cnc6ccccc6c5)nc4)c4ccccc34)c2)cc1. The molecule has 0 saturated carbocycles. The van der Waals surface area contributed by atoms with Crippen molar-refractivity contribution in [3.8, 4) is 55.8 Å². The van der Waals surface area contributed by atoms with Gasteiger partial charge in [0.15, 0.2) is 0 Å². The first-order valence-electron chi connectivity index (χ1n) is 16.3. The lowest BCUT2D eigenvalue weighted by molar-refractivity contribution is 1.31. The van der Waals surface area contributed by atoms with Gasteiger partial charge in [0, 0.05) is 28.9 Å². The van der Waals surface area contributed by atoms with E-state index in [0.717, 1.165) is 27.7 Å². The van der Waals surface area contributed by atoms with Gasteiger partial charge in [0.1, 0.15) is 0 Å². The molecule has 0 radical (unpaired) electrons. The second-order valence-electron chi connectivity index (χ2n) is 12.2. The minimum atomic E-state index is 0.911. The lowest BCUT2D eigenvalue weighted by Gasteiger charge is -2.19. The topological polar surface area (TPSA) is 25.8 Å². The molecule has 0 spiro atoms. The van der Waals surface area contributed by atoms with Crippen LogP contribution in [0.3, 0.4) is 0 Å². The Morgan fingerprint density at radius 3 is 1.33 bits per heavy atom. The van der Waals surface area contributed by atoms with Gasteiger partial charge in [-0.1, -0.05) is 133 Å². The molecule has 2 nitrogen and oxygen atoms in total. The average Bonchev–Trinajstić information content (AvgIpc) is 3.17. The molecule has 0 bridgehead atoms. The van der Waals surface area contributed by atoms with Crippen LogP contribution in [0.2, 0.25) is 0 Å². The Kier molecular flexibility index (Phi) is 6.84. The highest BCUT2D eigenvalue weighted by Gasteiger charge is 2.18. The van der Waals surface area contributed by atoms with E-state index in [1.807, 2.05) is 30.6 Å². The Labute approximate surface area is 279 Å². The summed E-state index contributed by atoms with van der Waals surface area (Å²) in [6, 6.07) is 60.7. The highest BCUT2D eigenvalue weighted by atomic mass is 14.7. The average molecular weight is 611 g/mol. The van der Waals surface area contributed by atoms with E-state index in [1.54, 1.807) is 0 Å². The Morgan fingerprint density at radius 2 is 0.771 bits per heavy atom. The lowest BCUT2D eigenvalue weighted by Crippen LogP contribution is -1.93. The number of fused-ring (bicyclic) bond motifs is 3. The number of hydrogen-bond donors (Lipinski definition) is 0. The molecule has 9 aromatic rings. The van der Waals surface area contributed by atoms with E-state index < -0.39 is 0 Å². The van der Waals surface area contributed by atoms with Gasteiger partial charge in [-0.3, -0.25) is 9.97 Å². The second kappa shape index (κ2) is 11.8. The molecule has 0 aliphatic rings. The minimum Gasteiger partial charge on any atom is -0.256 e. The molecule has 0 amide bonds.